The number of pyridine rings is 1. The van der Waals surface area contributed by atoms with Gasteiger partial charge in [0.1, 0.15) is 12.0 Å². The molecule has 0 bridgehead atoms. The first-order valence-electron chi connectivity index (χ1n) is 6.63. The van der Waals surface area contributed by atoms with E-state index in [4.69, 9.17) is 5.11 Å². The number of anilines is 1. The van der Waals surface area contributed by atoms with Crippen LogP contribution in [0.15, 0.2) is 18.3 Å². The summed E-state index contributed by atoms with van der Waals surface area (Å²) in [5, 5.41) is 22.2. The van der Waals surface area contributed by atoms with Crippen LogP contribution in [0.4, 0.5) is 11.5 Å². The maximum absolute atomic E-state index is 12.2. The van der Waals surface area contributed by atoms with Gasteiger partial charge in [0.25, 0.3) is 5.69 Å². The Morgan fingerprint density at radius 1 is 1.29 bits per heavy atom. The second kappa shape index (κ2) is 6.29. The molecule has 8 nitrogen and oxygen atoms in total. The molecule has 112 valence electrons. The standard InChI is InChI=1S/C13H15N3O5/c17-12(9-3-1-2-4-10(9)13(18)19)15-11-6-5-8(7-14-11)16(20)21/h5-7,9-10H,1-4H2,(H,18,19)(H,14,15,17). The third kappa shape index (κ3) is 3.53. The number of amides is 1. The van der Waals surface area contributed by atoms with Crippen LogP contribution in [0, 0.1) is 22.0 Å². The molecule has 1 aliphatic rings. The minimum Gasteiger partial charge on any atom is -0.481 e. The van der Waals surface area contributed by atoms with Crippen LogP contribution in [-0.2, 0) is 9.59 Å². The fraction of sp³-hybridized carbons (Fsp3) is 0.462. The highest BCUT2D eigenvalue weighted by Crippen LogP contribution is 2.31. The fourth-order valence-corrected chi connectivity index (χ4v) is 2.53. The van der Waals surface area contributed by atoms with Crippen LogP contribution in [0.2, 0.25) is 0 Å². The first kappa shape index (κ1) is 14.9. The summed E-state index contributed by atoms with van der Waals surface area (Å²) in [6.07, 6.45) is 3.67. The van der Waals surface area contributed by atoms with Crippen LogP contribution < -0.4 is 5.32 Å². The highest BCUT2D eigenvalue weighted by Gasteiger charge is 2.35. The van der Waals surface area contributed by atoms with E-state index in [0.29, 0.717) is 12.8 Å². The quantitative estimate of drug-likeness (QED) is 0.644. The molecule has 1 aromatic rings. The number of hydrogen-bond acceptors (Lipinski definition) is 5. The first-order chi connectivity index (χ1) is 9.99. The second-order valence-corrected chi connectivity index (χ2v) is 4.98. The minimum atomic E-state index is -0.966. The lowest BCUT2D eigenvalue weighted by atomic mass is 9.79. The van der Waals surface area contributed by atoms with E-state index < -0.39 is 28.6 Å². The highest BCUT2D eigenvalue weighted by atomic mass is 16.6. The van der Waals surface area contributed by atoms with Gasteiger partial charge >= 0.3 is 5.97 Å². The smallest absolute Gasteiger partial charge is 0.307 e. The van der Waals surface area contributed by atoms with Gasteiger partial charge in [-0.15, -0.1) is 0 Å². The molecule has 2 unspecified atom stereocenters. The number of aliphatic carboxylic acids is 1. The number of aromatic nitrogens is 1. The summed E-state index contributed by atoms with van der Waals surface area (Å²) in [7, 11) is 0. The molecule has 0 aliphatic heterocycles. The Hall–Kier alpha value is -2.51. The van der Waals surface area contributed by atoms with Gasteiger partial charge in [-0.05, 0) is 18.9 Å². The van der Waals surface area contributed by atoms with Gasteiger partial charge in [0, 0.05) is 6.07 Å². The van der Waals surface area contributed by atoms with Gasteiger partial charge in [0.2, 0.25) is 5.91 Å². The van der Waals surface area contributed by atoms with E-state index in [9.17, 15) is 19.7 Å². The van der Waals surface area contributed by atoms with E-state index in [1.165, 1.54) is 12.1 Å². The molecule has 21 heavy (non-hydrogen) atoms. The number of hydrogen-bond donors (Lipinski definition) is 2. The summed E-state index contributed by atoms with van der Waals surface area (Å²) < 4.78 is 0. The van der Waals surface area contributed by atoms with Gasteiger partial charge < -0.3 is 10.4 Å². The monoisotopic (exact) mass is 293 g/mol. The normalized spacial score (nSPS) is 21.5. The molecule has 1 saturated carbocycles. The highest BCUT2D eigenvalue weighted by molar-refractivity contribution is 5.94. The molecule has 1 heterocycles. The van der Waals surface area contributed by atoms with E-state index in [1.54, 1.807) is 0 Å². The van der Waals surface area contributed by atoms with Crippen molar-refractivity contribution in [3.05, 3.63) is 28.4 Å². The predicted octanol–water partition coefficient (Wildman–Crippen LogP) is 1.82. The number of nitrogens with zero attached hydrogens (tertiary/aromatic N) is 2. The molecule has 8 heteroatoms. The number of rotatable bonds is 4. The zero-order valence-electron chi connectivity index (χ0n) is 11.2. The summed E-state index contributed by atoms with van der Waals surface area (Å²) in [4.78, 5) is 37.0. The Morgan fingerprint density at radius 2 is 1.95 bits per heavy atom. The van der Waals surface area contributed by atoms with Crippen LogP contribution in [-0.4, -0.2) is 26.9 Å². The number of nitro groups is 1. The van der Waals surface area contributed by atoms with Gasteiger partial charge in [-0.3, -0.25) is 19.7 Å². The summed E-state index contributed by atoms with van der Waals surface area (Å²) >= 11 is 0. The van der Waals surface area contributed by atoms with Crippen molar-refractivity contribution in [2.45, 2.75) is 25.7 Å². The average Bonchev–Trinajstić information content (AvgIpc) is 2.47. The Morgan fingerprint density at radius 3 is 2.48 bits per heavy atom. The summed E-state index contributed by atoms with van der Waals surface area (Å²) in [6.45, 7) is 0. The summed E-state index contributed by atoms with van der Waals surface area (Å²) in [5.74, 6) is -2.46. The van der Waals surface area contributed by atoms with Crippen molar-refractivity contribution in [3.8, 4) is 0 Å². The lowest BCUT2D eigenvalue weighted by Crippen LogP contribution is -2.36. The van der Waals surface area contributed by atoms with Crippen molar-refractivity contribution in [1.82, 2.24) is 4.98 Å². The lowest BCUT2D eigenvalue weighted by molar-refractivity contribution is -0.385. The van der Waals surface area contributed by atoms with Crippen LogP contribution >= 0.6 is 0 Å². The van der Waals surface area contributed by atoms with Gasteiger partial charge in [-0.2, -0.15) is 0 Å². The fourth-order valence-electron chi connectivity index (χ4n) is 2.53. The van der Waals surface area contributed by atoms with Crippen molar-refractivity contribution in [2.75, 3.05) is 5.32 Å². The van der Waals surface area contributed by atoms with Crippen molar-refractivity contribution in [3.63, 3.8) is 0 Å². The molecular weight excluding hydrogens is 278 g/mol. The van der Waals surface area contributed by atoms with Crippen molar-refractivity contribution in [2.24, 2.45) is 11.8 Å². The Labute approximate surface area is 120 Å². The van der Waals surface area contributed by atoms with Crippen molar-refractivity contribution in [1.29, 1.82) is 0 Å². The molecule has 0 saturated heterocycles. The van der Waals surface area contributed by atoms with Crippen LogP contribution in [0.25, 0.3) is 0 Å². The molecule has 1 fully saturated rings. The first-order valence-corrected chi connectivity index (χ1v) is 6.63. The third-order valence-electron chi connectivity index (χ3n) is 3.63. The van der Waals surface area contributed by atoms with Crippen LogP contribution in [0.1, 0.15) is 25.7 Å². The molecule has 0 spiro atoms. The number of carbonyl (C=O) groups is 2. The number of carboxylic acids is 1. The van der Waals surface area contributed by atoms with E-state index in [-0.39, 0.29) is 11.5 Å². The number of carbonyl (C=O) groups excluding carboxylic acids is 1. The Kier molecular flexibility index (Phi) is 4.46. The Bertz CT molecular complexity index is 557. The van der Waals surface area contributed by atoms with E-state index in [0.717, 1.165) is 19.0 Å². The molecule has 0 radical (unpaired) electrons. The predicted molar refractivity (Wildman–Crippen MR) is 72.6 cm³/mol. The molecular formula is C13H15N3O5. The number of carboxylic acid groups (broad SMARTS) is 1. The van der Waals surface area contributed by atoms with E-state index >= 15 is 0 Å². The maximum atomic E-state index is 12.2. The Balaban J connectivity index is 2.05. The summed E-state index contributed by atoms with van der Waals surface area (Å²) in [6, 6.07) is 2.56. The van der Waals surface area contributed by atoms with Crippen LogP contribution in [0.3, 0.4) is 0 Å². The van der Waals surface area contributed by atoms with E-state index in [1.807, 2.05) is 0 Å². The summed E-state index contributed by atoms with van der Waals surface area (Å²) in [5.41, 5.74) is -0.172. The van der Waals surface area contributed by atoms with Gasteiger partial charge in [-0.25, -0.2) is 4.98 Å². The molecule has 1 aromatic heterocycles. The van der Waals surface area contributed by atoms with Gasteiger partial charge in [0.15, 0.2) is 0 Å². The zero-order chi connectivity index (χ0) is 15.4. The van der Waals surface area contributed by atoms with Gasteiger partial charge in [-0.1, -0.05) is 12.8 Å². The molecule has 0 aromatic carbocycles. The SMILES string of the molecule is O=C(O)C1CCCCC1C(=O)Nc1ccc([N+](=O)[O-])cn1. The molecule has 2 rings (SSSR count). The molecule has 2 N–H and O–H groups in total. The van der Waals surface area contributed by atoms with Crippen LogP contribution in [0.5, 0.6) is 0 Å². The topological polar surface area (TPSA) is 122 Å². The van der Waals surface area contributed by atoms with Crippen molar-refractivity contribution < 1.29 is 19.6 Å². The zero-order valence-corrected chi connectivity index (χ0v) is 11.2. The average molecular weight is 293 g/mol. The maximum Gasteiger partial charge on any atom is 0.307 e. The minimum absolute atomic E-state index is 0.172. The van der Waals surface area contributed by atoms with Gasteiger partial charge in [0.05, 0.1) is 16.8 Å². The van der Waals surface area contributed by atoms with E-state index in [2.05, 4.69) is 10.3 Å². The second-order valence-electron chi connectivity index (χ2n) is 4.98. The third-order valence-corrected chi connectivity index (χ3v) is 3.63. The lowest BCUT2D eigenvalue weighted by Gasteiger charge is -2.27. The number of nitrogens with one attached hydrogen (secondary N) is 1. The largest absolute Gasteiger partial charge is 0.481 e. The molecule has 2 atom stereocenters. The molecule has 1 amide bonds. The molecule has 1 aliphatic carbocycles. The van der Waals surface area contributed by atoms with Crippen molar-refractivity contribution >= 4 is 23.4 Å².